The number of β-amino-alcohol motifs (C(OH)–C–C–N with tert-alkyl or cyclic N) is 1. The van der Waals surface area contributed by atoms with E-state index in [1.54, 1.807) is 0 Å². The topological polar surface area (TPSA) is 162 Å². The minimum atomic E-state index is -4.13. The molecule has 0 spiro atoms. The van der Waals surface area contributed by atoms with Crippen molar-refractivity contribution in [3.63, 3.8) is 0 Å². The standard InChI is InChI=1S/C9H19NO10S3/c1-21(12,13)18-7-5-10-4-6(11)8(19-22(2,14)15)9(7)20-23(3,16)17/h6-11H,4-5H2,1-3H3/t6-,7+,8-,9-/m1/s1. The maximum absolute atomic E-state index is 11.4. The predicted molar refractivity (Wildman–Crippen MR) is 78.0 cm³/mol. The fraction of sp³-hybridized carbons (Fsp3) is 1.00. The highest BCUT2D eigenvalue weighted by Gasteiger charge is 2.44. The minimum Gasteiger partial charge on any atom is -0.389 e. The lowest BCUT2D eigenvalue weighted by Crippen LogP contribution is -2.50. The van der Waals surface area contributed by atoms with Gasteiger partial charge >= 0.3 is 0 Å². The molecule has 1 aliphatic rings. The number of nitrogens with one attached hydrogen (secondary N) is 1. The molecule has 1 rings (SSSR count). The van der Waals surface area contributed by atoms with Crippen molar-refractivity contribution in [3.05, 3.63) is 0 Å². The molecule has 1 heterocycles. The molecule has 11 nitrogen and oxygen atoms in total. The Morgan fingerprint density at radius 3 is 1.65 bits per heavy atom. The summed E-state index contributed by atoms with van der Waals surface area (Å²) in [6.45, 7) is -0.401. The zero-order valence-electron chi connectivity index (χ0n) is 12.6. The van der Waals surface area contributed by atoms with Crippen LogP contribution in [-0.4, -0.2) is 86.6 Å². The molecule has 23 heavy (non-hydrogen) atoms. The molecule has 0 unspecified atom stereocenters. The number of hydrogen-bond acceptors (Lipinski definition) is 11. The molecule has 0 aromatic heterocycles. The van der Waals surface area contributed by atoms with Crippen LogP contribution >= 0.6 is 0 Å². The van der Waals surface area contributed by atoms with Gasteiger partial charge in [0.1, 0.15) is 18.3 Å². The van der Waals surface area contributed by atoms with Crippen LogP contribution in [0.3, 0.4) is 0 Å². The van der Waals surface area contributed by atoms with Crippen LogP contribution in [0.15, 0.2) is 0 Å². The first kappa shape index (κ1) is 20.7. The van der Waals surface area contributed by atoms with Crippen LogP contribution in [0.25, 0.3) is 0 Å². The van der Waals surface area contributed by atoms with E-state index in [4.69, 9.17) is 12.5 Å². The summed E-state index contributed by atoms with van der Waals surface area (Å²) in [6.07, 6.45) is -4.17. The first-order valence-electron chi connectivity index (χ1n) is 6.21. The smallest absolute Gasteiger partial charge is 0.264 e. The second-order valence-electron chi connectivity index (χ2n) is 5.09. The highest BCUT2D eigenvalue weighted by atomic mass is 32.2. The Labute approximate surface area is 135 Å². The Kier molecular flexibility index (Phi) is 6.54. The Balaban J connectivity index is 3.27. The van der Waals surface area contributed by atoms with Crippen molar-refractivity contribution >= 4 is 30.4 Å². The average Bonchev–Trinajstić information content (AvgIpc) is 2.38. The van der Waals surface area contributed by atoms with E-state index in [2.05, 4.69) is 5.32 Å². The molecular weight excluding hydrogens is 378 g/mol. The van der Waals surface area contributed by atoms with Gasteiger partial charge in [0.2, 0.25) is 0 Å². The summed E-state index contributed by atoms with van der Waals surface area (Å²) in [5.41, 5.74) is 0. The first-order valence-corrected chi connectivity index (χ1v) is 11.7. The van der Waals surface area contributed by atoms with E-state index in [-0.39, 0.29) is 13.1 Å². The van der Waals surface area contributed by atoms with Crippen LogP contribution in [0, 0.1) is 0 Å². The van der Waals surface area contributed by atoms with Gasteiger partial charge in [0.05, 0.1) is 24.9 Å². The fourth-order valence-electron chi connectivity index (χ4n) is 1.99. The zero-order chi connectivity index (χ0) is 18.1. The van der Waals surface area contributed by atoms with Crippen LogP contribution < -0.4 is 5.32 Å². The number of hydrogen-bond donors (Lipinski definition) is 2. The monoisotopic (exact) mass is 397 g/mol. The molecule has 1 aliphatic heterocycles. The van der Waals surface area contributed by atoms with Crippen LogP contribution in [0.5, 0.6) is 0 Å². The Bertz CT molecular complexity index is 713. The maximum atomic E-state index is 11.4. The number of rotatable bonds is 6. The number of aliphatic hydroxyl groups is 1. The molecule has 0 bridgehead atoms. The van der Waals surface area contributed by atoms with Crippen LogP contribution in [0.4, 0.5) is 0 Å². The average molecular weight is 397 g/mol. The highest BCUT2D eigenvalue weighted by Crippen LogP contribution is 2.22. The molecule has 138 valence electrons. The van der Waals surface area contributed by atoms with Gasteiger partial charge in [0.15, 0.2) is 0 Å². The predicted octanol–water partition coefficient (Wildman–Crippen LogP) is -3.02. The second-order valence-corrected chi connectivity index (χ2v) is 9.90. The van der Waals surface area contributed by atoms with Gasteiger partial charge in [-0.15, -0.1) is 0 Å². The fourth-order valence-corrected chi connectivity index (χ4v) is 3.89. The summed E-state index contributed by atoms with van der Waals surface area (Å²) in [6, 6.07) is 0. The molecule has 1 saturated heterocycles. The summed E-state index contributed by atoms with van der Waals surface area (Å²) in [5.74, 6) is 0. The molecule has 0 aliphatic carbocycles. The van der Waals surface area contributed by atoms with Crippen molar-refractivity contribution in [2.45, 2.75) is 24.4 Å². The zero-order valence-corrected chi connectivity index (χ0v) is 15.0. The van der Waals surface area contributed by atoms with E-state index in [9.17, 15) is 30.4 Å². The molecule has 0 aromatic carbocycles. The van der Waals surface area contributed by atoms with Crippen molar-refractivity contribution < 1.29 is 42.9 Å². The van der Waals surface area contributed by atoms with E-state index >= 15 is 0 Å². The minimum absolute atomic E-state index is 0.187. The maximum Gasteiger partial charge on any atom is 0.264 e. The molecule has 0 aromatic rings. The van der Waals surface area contributed by atoms with E-state index in [1.807, 2.05) is 0 Å². The van der Waals surface area contributed by atoms with E-state index in [0.717, 1.165) is 6.26 Å². The van der Waals surface area contributed by atoms with Crippen LogP contribution in [-0.2, 0) is 42.9 Å². The van der Waals surface area contributed by atoms with Gasteiger partial charge < -0.3 is 10.4 Å². The summed E-state index contributed by atoms with van der Waals surface area (Å²) in [5, 5.41) is 12.6. The second kappa shape index (κ2) is 7.26. The lowest BCUT2D eigenvalue weighted by Gasteiger charge is -2.30. The van der Waals surface area contributed by atoms with Crippen molar-refractivity contribution in [2.75, 3.05) is 31.9 Å². The van der Waals surface area contributed by atoms with E-state index in [0.29, 0.717) is 12.5 Å². The molecule has 14 heteroatoms. The molecule has 4 atom stereocenters. The highest BCUT2D eigenvalue weighted by molar-refractivity contribution is 7.86. The van der Waals surface area contributed by atoms with Crippen molar-refractivity contribution in [2.24, 2.45) is 0 Å². The third kappa shape index (κ3) is 7.84. The summed E-state index contributed by atoms with van der Waals surface area (Å²) < 4.78 is 82.3. The van der Waals surface area contributed by atoms with Crippen molar-refractivity contribution in [1.29, 1.82) is 0 Å². The molecule has 1 fully saturated rings. The largest absolute Gasteiger partial charge is 0.389 e. The lowest BCUT2D eigenvalue weighted by molar-refractivity contribution is -0.0514. The SMILES string of the molecule is CS(=O)(=O)O[C@H]1[C@H](OS(C)(=O)=O)[C@@H](OS(C)(=O)=O)CNC[C@H]1O. The number of aliphatic hydroxyl groups excluding tert-OH is 1. The van der Waals surface area contributed by atoms with Crippen molar-refractivity contribution in [1.82, 2.24) is 5.32 Å². The van der Waals surface area contributed by atoms with Crippen LogP contribution in [0.2, 0.25) is 0 Å². The Hall–Kier alpha value is -0.350. The molecule has 2 N–H and O–H groups in total. The summed E-state index contributed by atoms with van der Waals surface area (Å²) in [7, 11) is -12.2. The van der Waals surface area contributed by atoms with E-state index < -0.39 is 54.8 Å². The quantitative estimate of drug-likeness (QED) is 0.439. The third-order valence-electron chi connectivity index (χ3n) is 2.64. The molecule has 0 amide bonds. The first-order chi connectivity index (χ1) is 10.2. The van der Waals surface area contributed by atoms with Gasteiger partial charge in [-0.1, -0.05) is 0 Å². The van der Waals surface area contributed by atoms with Gasteiger partial charge in [0.25, 0.3) is 30.4 Å². The van der Waals surface area contributed by atoms with Gasteiger partial charge in [-0.3, -0.25) is 12.5 Å². The van der Waals surface area contributed by atoms with Gasteiger partial charge in [0, 0.05) is 13.1 Å². The Morgan fingerprint density at radius 1 is 0.783 bits per heavy atom. The van der Waals surface area contributed by atoms with Gasteiger partial charge in [-0.05, 0) is 0 Å². The molecule has 0 radical (unpaired) electrons. The lowest BCUT2D eigenvalue weighted by atomic mass is 10.1. The van der Waals surface area contributed by atoms with Crippen LogP contribution in [0.1, 0.15) is 0 Å². The Morgan fingerprint density at radius 2 is 1.22 bits per heavy atom. The van der Waals surface area contributed by atoms with Gasteiger partial charge in [-0.25, -0.2) is 0 Å². The molecule has 0 saturated carbocycles. The van der Waals surface area contributed by atoms with Crippen molar-refractivity contribution in [3.8, 4) is 0 Å². The third-order valence-corrected chi connectivity index (χ3v) is 4.38. The summed E-state index contributed by atoms with van der Waals surface area (Å²) in [4.78, 5) is 0. The van der Waals surface area contributed by atoms with Gasteiger partial charge in [-0.2, -0.15) is 25.3 Å². The molecular formula is C9H19NO10S3. The summed E-state index contributed by atoms with van der Waals surface area (Å²) >= 11 is 0. The van der Waals surface area contributed by atoms with E-state index in [1.165, 1.54) is 0 Å². The normalized spacial score (nSPS) is 30.8.